The van der Waals surface area contributed by atoms with Gasteiger partial charge in [-0.2, -0.15) is 10.2 Å². The van der Waals surface area contributed by atoms with Crippen molar-refractivity contribution in [3.63, 3.8) is 0 Å². The van der Waals surface area contributed by atoms with Crippen LogP contribution in [0.4, 0.5) is 10.1 Å². The Balaban J connectivity index is 1.58. The minimum Gasteiger partial charge on any atom is -0.321 e. The summed E-state index contributed by atoms with van der Waals surface area (Å²) in [6.45, 7) is 0. The van der Waals surface area contributed by atoms with E-state index in [0.717, 1.165) is 5.69 Å². The van der Waals surface area contributed by atoms with Crippen molar-refractivity contribution in [1.82, 2.24) is 19.6 Å². The second kappa shape index (κ2) is 6.64. The number of nitrogens with zero attached hydrogens (tertiary/aromatic N) is 4. The molecule has 0 spiro atoms. The fourth-order valence-electron chi connectivity index (χ4n) is 2.63. The van der Waals surface area contributed by atoms with E-state index in [2.05, 4.69) is 15.5 Å². The van der Waals surface area contributed by atoms with E-state index in [-0.39, 0.29) is 5.91 Å². The fraction of sp³-hybridized carbons (Fsp3) is 0. The smallest absolute Gasteiger partial charge is 0.274 e. The summed E-state index contributed by atoms with van der Waals surface area (Å²) in [5.41, 5.74) is 1.78. The van der Waals surface area contributed by atoms with Crippen molar-refractivity contribution in [2.75, 3.05) is 5.32 Å². The number of hydrogen-bond acceptors (Lipinski definition) is 3. The van der Waals surface area contributed by atoms with Gasteiger partial charge in [0, 0.05) is 18.1 Å². The lowest BCUT2D eigenvalue weighted by atomic mass is 10.2. The third kappa shape index (κ3) is 2.98. The van der Waals surface area contributed by atoms with Crippen molar-refractivity contribution in [1.29, 1.82) is 0 Å². The molecule has 0 aliphatic heterocycles. The molecule has 4 aromatic rings. The number of aromatic nitrogens is 4. The third-order valence-electron chi connectivity index (χ3n) is 3.83. The van der Waals surface area contributed by atoms with E-state index in [4.69, 9.17) is 0 Å². The number of carbonyl (C=O) groups excluding carboxylic acids is 1. The highest BCUT2D eigenvalue weighted by Crippen LogP contribution is 2.19. The first-order valence-electron chi connectivity index (χ1n) is 7.93. The molecule has 7 heteroatoms. The number of nitrogens with one attached hydrogen (secondary N) is 1. The maximum Gasteiger partial charge on any atom is 0.274 e. The van der Waals surface area contributed by atoms with Crippen molar-refractivity contribution in [3.8, 4) is 11.4 Å². The van der Waals surface area contributed by atoms with Gasteiger partial charge in [-0.1, -0.05) is 18.2 Å². The molecule has 0 radical (unpaired) electrons. The number of benzene rings is 2. The van der Waals surface area contributed by atoms with Crippen LogP contribution in [0.25, 0.3) is 11.4 Å². The van der Waals surface area contributed by atoms with Crippen molar-refractivity contribution in [2.24, 2.45) is 0 Å². The van der Waals surface area contributed by atoms with Crippen LogP contribution in [0.1, 0.15) is 10.5 Å². The van der Waals surface area contributed by atoms with Crippen LogP contribution in [0.5, 0.6) is 0 Å². The quantitative estimate of drug-likeness (QED) is 0.615. The molecule has 2 aromatic heterocycles. The van der Waals surface area contributed by atoms with Gasteiger partial charge in [0.05, 0.1) is 11.9 Å². The maximum absolute atomic E-state index is 14.3. The lowest BCUT2D eigenvalue weighted by molar-refractivity contribution is 0.101. The van der Waals surface area contributed by atoms with E-state index in [9.17, 15) is 9.18 Å². The lowest BCUT2D eigenvalue weighted by Gasteiger charge is -2.10. The predicted molar refractivity (Wildman–Crippen MR) is 95.0 cm³/mol. The fourth-order valence-corrected chi connectivity index (χ4v) is 2.63. The van der Waals surface area contributed by atoms with Crippen LogP contribution in [-0.2, 0) is 0 Å². The van der Waals surface area contributed by atoms with Crippen LogP contribution in [0.15, 0.2) is 79.3 Å². The van der Waals surface area contributed by atoms with Crippen LogP contribution in [0.3, 0.4) is 0 Å². The Morgan fingerprint density at radius 3 is 2.54 bits per heavy atom. The first kappa shape index (κ1) is 15.8. The first-order valence-corrected chi connectivity index (χ1v) is 7.93. The number of hydrogen-bond donors (Lipinski definition) is 1. The summed E-state index contributed by atoms with van der Waals surface area (Å²) in [5, 5.41) is 10.9. The topological polar surface area (TPSA) is 64.7 Å². The highest BCUT2D eigenvalue weighted by atomic mass is 19.1. The Bertz CT molecular complexity index is 1040. The van der Waals surface area contributed by atoms with Gasteiger partial charge in [-0.05, 0) is 42.5 Å². The van der Waals surface area contributed by atoms with E-state index < -0.39 is 5.82 Å². The van der Waals surface area contributed by atoms with Gasteiger partial charge in [0.1, 0.15) is 11.4 Å². The maximum atomic E-state index is 14.3. The number of rotatable bonds is 4. The van der Waals surface area contributed by atoms with Crippen LogP contribution < -0.4 is 5.32 Å². The first-order chi connectivity index (χ1) is 12.7. The largest absolute Gasteiger partial charge is 0.321 e. The zero-order chi connectivity index (χ0) is 17.9. The number of amides is 1. The number of anilines is 1. The van der Waals surface area contributed by atoms with Gasteiger partial charge in [0.25, 0.3) is 5.91 Å². The van der Waals surface area contributed by atoms with E-state index in [1.165, 1.54) is 15.4 Å². The normalized spacial score (nSPS) is 10.7. The molecule has 6 nitrogen and oxygen atoms in total. The van der Waals surface area contributed by atoms with Gasteiger partial charge in [0.2, 0.25) is 0 Å². The molecule has 26 heavy (non-hydrogen) atoms. The summed E-state index contributed by atoms with van der Waals surface area (Å²) in [5.74, 6) is -0.861. The molecule has 0 atom stereocenters. The van der Waals surface area contributed by atoms with Gasteiger partial charge in [-0.3, -0.25) is 4.79 Å². The monoisotopic (exact) mass is 347 g/mol. The van der Waals surface area contributed by atoms with Gasteiger partial charge < -0.3 is 5.32 Å². The second-order valence-electron chi connectivity index (χ2n) is 5.53. The van der Waals surface area contributed by atoms with Crippen LogP contribution in [0.2, 0.25) is 0 Å². The number of carbonyl (C=O) groups is 1. The molecule has 2 aromatic carbocycles. The third-order valence-corrected chi connectivity index (χ3v) is 3.83. The van der Waals surface area contributed by atoms with Gasteiger partial charge >= 0.3 is 0 Å². The van der Waals surface area contributed by atoms with E-state index in [1.807, 2.05) is 30.3 Å². The standard InChI is InChI=1S/C19H14FN5O/c20-16-13-14(7-8-17(16)24-12-4-10-21-24)23-19(26)18-9-11-22-25(18)15-5-2-1-3-6-15/h1-13H,(H,23,26). The molecule has 0 saturated carbocycles. The Morgan fingerprint density at radius 1 is 0.962 bits per heavy atom. The Kier molecular flexibility index (Phi) is 4.03. The molecular weight excluding hydrogens is 333 g/mol. The Hall–Kier alpha value is -3.74. The van der Waals surface area contributed by atoms with E-state index in [0.29, 0.717) is 17.1 Å². The van der Waals surface area contributed by atoms with Crippen LogP contribution in [-0.4, -0.2) is 25.5 Å². The second-order valence-corrected chi connectivity index (χ2v) is 5.53. The minimum atomic E-state index is -0.483. The molecule has 2 heterocycles. The number of halogens is 1. The zero-order valence-corrected chi connectivity index (χ0v) is 13.6. The average molecular weight is 347 g/mol. The van der Waals surface area contributed by atoms with Gasteiger partial charge in [-0.25, -0.2) is 13.8 Å². The molecule has 0 fully saturated rings. The molecule has 0 unspecified atom stereocenters. The van der Waals surface area contributed by atoms with Crippen molar-refractivity contribution >= 4 is 11.6 Å². The highest BCUT2D eigenvalue weighted by molar-refractivity contribution is 6.03. The van der Waals surface area contributed by atoms with Crippen molar-refractivity contribution in [2.45, 2.75) is 0 Å². The van der Waals surface area contributed by atoms with Crippen LogP contribution in [0, 0.1) is 5.82 Å². The summed E-state index contributed by atoms with van der Waals surface area (Å²) >= 11 is 0. The molecule has 0 aliphatic carbocycles. The molecule has 128 valence electrons. The highest BCUT2D eigenvalue weighted by Gasteiger charge is 2.14. The molecule has 4 rings (SSSR count). The summed E-state index contributed by atoms with van der Waals surface area (Å²) in [4.78, 5) is 12.6. The predicted octanol–water partition coefficient (Wildman–Crippen LogP) is 3.45. The summed E-state index contributed by atoms with van der Waals surface area (Å²) < 4.78 is 17.3. The Labute approximate surface area is 148 Å². The molecule has 0 bridgehead atoms. The average Bonchev–Trinajstić information content (AvgIpc) is 3.34. The summed E-state index contributed by atoms with van der Waals surface area (Å²) in [6.07, 6.45) is 4.76. The van der Waals surface area contributed by atoms with Crippen molar-refractivity contribution in [3.05, 3.63) is 90.8 Å². The Morgan fingerprint density at radius 2 is 1.81 bits per heavy atom. The summed E-state index contributed by atoms with van der Waals surface area (Å²) in [7, 11) is 0. The molecule has 0 aliphatic rings. The van der Waals surface area contributed by atoms with E-state index >= 15 is 0 Å². The SMILES string of the molecule is O=C(Nc1ccc(-n2cccn2)c(F)c1)c1ccnn1-c1ccccc1. The van der Waals surface area contributed by atoms with Crippen molar-refractivity contribution < 1.29 is 9.18 Å². The molecule has 1 N–H and O–H groups in total. The lowest BCUT2D eigenvalue weighted by Crippen LogP contribution is -2.17. The zero-order valence-electron chi connectivity index (χ0n) is 13.6. The molecular formula is C19H14FN5O. The molecule has 1 amide bonds. The van der Waals surface area contributed by atoms with E-state index in [1.54, 1.807) is 42.9 Å². The minimum absolute atomic E-state index is 0.308. The number of para-hydroxylation sites is 1. The summed E-state index contributed by atoms with van der Waals surface area (Å²) in [6, 6.07) is 17.1. The van der Waals surface area contributed by atoms with Gasteiger partial charge in [0.15, 0.2) is 5.82 Å². The van der Waals surface area contributed by atoms with Gasteiger partial charge in [-0.15, -0.1) is 0 Å². The molecule has 0 saturated heterocycles. The van der Waals surface area contributed by atoms with Crippen LogP contribution >= 0.6 is 0 Å².